The molecule has 2 saturated heterocycles. The van der Waals surface area contributed by atoms with Gasteiger partial charge in [0.25, 0.3) is 0 Å². The average molecular weight is 467 g/mol. The molecule has 4 heterocycles. The molecule has 0 aromatic heterocycles. The van der Waals surface area contributed by atoms with Crippen molar-refractivity contribution in [1.82, 2.24) is 0 Å². The molecule has 1 spiro atoms. The zero-order chi connectivity index (χ0) is 23.7. The first kappa shape index (κ1) is 20.9. The molecule has 4 aliphatic heterocycles. The number of carbonyl (C=O) groups is 1. The van der Waals surface area contributed by atoms with Crippen molar-refractivity contribution < 1.29 is 14.3 Å². The molecule has 0 bridgehead atoms. The van der Waals surface area contributed by atoms with Crippen LogP contribution in [0.4, 0.5) is 11.4 Å². The molecule has 35 heavy (non-hydrogen) atoms. The third-order valence-corrected chi connectivity index (χ3v) is 8.48. The van der Waals surface area contributed by atoms with E-state index < -0.39 is 5.60 Å². The van der Waals surface area contributed by atoms with E-state index in [1.807, 2.05) is 24.3 Å². The molecule has 0 unspecified atom stereocenters. The summed E-state index contributed by atoms with van der Waals surface area (Å²) in [6.45, 7) is 8.81. The molecule has 0 saturated carbocycles. The Balaban J connectivity index is 1.36. The molecule has 178 valence electrons. The summed E-state index contributed by atoms with van der Waals surface area (Å²) >= 11 is 0. The maximum Gasteiger partial charge on any atom is 0.340 e. The van der Waals surface area contributed by atoms with Gasteiger partial charge in [-0.25, -0.2) is 4.79 Å². The molecule has 0 aliphatic carbocycles. The monoisotopic (exact) mass is 466 g/mol. The predicted molar refractivity (Wildman–Crippen MR) is 137 cm³/mol. The molecule has 0 amide bonds. The van der Waals surface area contributed by atoms with Crippen molar-refractivity contribution in [2.75, 3.05) is 36.0 Å². The Hall–Kier alpha value is -3.47. The van der Waals surface area contributed by atoms with Gasteiger partial charge in [-0.2, -0.15) is 0 Å². The minimum Gasteiger partial charge on any atom is -0.456 e. The van der Waals surface area contributed by atoms with Crippen molar-refractivity contribution in [3.8, 4) is 11.5 Å². The molecule has 0 atom stereocenters. The van der Waals surface area contributed by atoms with Crippen molar-refractivity contribution in [1.29, 1.82) is 0 Å². The van der Waals surface area contributed by atoms with Gasteiger partial charge >= 0.3 is 5.97 Å². The summed E-state index contributed by atoms with van der Waals surface area (Å²) in [5.41, 5.74) is 4.63. The van der Waals surface area contributed by atoms with E-state index in [0.29, 0.717) is 5.56 Å². The second kappa shape index (κ2) is 7.51. The Morgan fingerprint density at radius 1 is 0.771 bits per heavy atom. The first-order valence-electron chi connectivity index (χ1n) is 12.9. The summed E-state index contributed by atoms with van der Waals surface area (Å²) in [7, 11) is 0. The molecule has 2 fully saturated rings. The fourth-order valence-corrected chi connectivity index (χ4v) is 6.12. The van der Waals surface area contributed by atoms with Gasteiger partial charge in [-0.15, -0.1) is 0 Å². The van der Waals surface area contributed by atoms with Crippen LogP contribution in [0.5, 0.6) is 11.5 Å². The molecular weight excluding hydrogens is 436 g/mol. The van der Waals surface area contributed by atoms with Crippen molar-refractivity contribution in [2.45, 2.75) is 32.3 Å². The first-order chi connectivity index (χ1) is 17.1. The third kappa shape index (κ3) is 2.90. The molecule has 5 nitrogen and oxygen atoms in total. The van der Waals surface area contributed by atoms with Crippen LogP contribution in [0.25, 0.3) is 0 Å². The van der Waals surface area contributed by atoms with Crippen LogP contribution in [0.3, 0.4) is 0 Å². The summed E-state index contributed by atoms with van der Waals surface area (Å²) < 4.78 is 12.9. The van der Waals surface area contributed by atoms with Crippen molar-refractivity contribution in [3.63, 3.8) is 0 Å². The lowest BCUT2D eigenvalue weighted by atomic mass is 9.77. The van der Waals surface area contributed by atoms with Gasteiger partial charge in [0.2, 0.25) is 0 Å². The quantitative estimate of drug-likeness (QED) is 0.445. The van der Waals surface area contributed by atoms with E-state index in [1.165, 1.54) is 12.8 Å². The van der Waals surface area contributed by atoms with Crippen LogP contribution >= 0.6 is 0 Å². The first-order valence-corrected chi connectivity index (χ1v) is 12.9. The Kier molecular flexibility index (Phi) is 4.48. The lowest BCUT2D eigenvalue weighted by Gasteiger charge is -2.43. The van der Waals surface area contributed by atoms with E-state index in [1.54, 1.807) is 0 Å². The summed E-state index contributed by atoms with van der Waals surface area (Å²) in [6.07, 6.45) is 2.42. The molecular formula is C30H30N2O3. The van der Waals surface area contributed by atoms with Crippen LogP contribution in [-0.2, 0) is 10.3 Å². The highest BCUT2D eigenvalue weighted by molar-refractivity contribution is 5.97. The Bertz CT molecular complexity index is 1270. The second-order valence-electron chi connectivity index (χ2n) is 10.4. The number of carbonyl (C=O) groups excluding carboxylic acids is 1. The van der Waals surface area contributed by atoms with Gasteiger partial charge < -0.3 is 19.3 Å². The second-order valence-corrected chi connectivity index (χ2v) is 10.4. The maximum absolute atomic E-state index is 13.1. The van der Waals surface area contributed by atoms with Crippen LogP contribution in [0.1, 0.15) is 53.7 Å². The number of hydrogen-bond donors (Lipinski definition) is 0. The zero-order valence-electron chi connectivity index (χ0n) is 20.3. The number of esters is 1. The zero-order valence-corrected chi connectivity index (χ0v) is 20.3. The minimum absolute atomic E-state index is 0.283. The fourth-order valence-electron chi connectivity index (χ4n) is 6.12. The van der Waals surface area contributed by atoms with Gasteiger partial charge in [-0.3, -0.25) is 0 Å². The summed E-state index contributed by atoms with van der Waals surface area (Å²) in [4.78, 5) is 17.9. The van der Waals surface area contributed by atoms with Gasteiger partial charge in [0, 0.05) is 66.4 Å². The van der Waals surface area contributed by atoms with Gasteiger partial charge in [-0.05, 0) is 55.0 Å². The molecule has 0 N–H and O–H groups in total. The van der Waals surface area contributed by atoms with Crippen molar-refractivity contribution in [2.24, 2.45) is 11.8 Å². The summed E-state index contributed by atoms with van der Waals surface area (Å²) in [5.74, 6) is 2.77. The van der Waals surface area contributed by atoms with Crippen LogP contribution in [-0.4, -0.2) is 32.1 Å². The van der Waals surface area contributed by atoms with Crippen molar-refractivity contribution in [3.05, 3.63) is 82.9 Å². The van der Waals surface area contributed by atoms with Gasteiger partial charge in [0.05, 0.1) is 5.56 Å². The number of benzene rings is 3. The van der Waals surface area contributed by atoms with E-state index in [-0.39, 0.29) is 5.97 Å². The normalized spacial score (nSPS) is 19.9. The lowest BCUT2D eigenvalue weighted by Crippen LogP contribution is -2.46. The average Bonchev–Trinajstić information content (AvgIpc) is 3.11. The Morgan fingerprint density at radius 2 is 1.31 bits per heavy atom. The van der Waals surface area contributed by atoms with E-state index in [2.05, 4.69) is 60.0 Å². The number of nitrogens with zero attached hydrogens (tertiary/aromatic N) is 2. The molecule has 7 rings (SSSR count). The molecule has 5 heteroatoms. The van der Waals surface area contributed by atoms with Crippen LogP contribution in [0, 0.1) is 11.8 Å². The largest absolute Gasteiger partial charge is 0.456 e. The van der Waals surface area contributed by atoms with Crippen LogP contribution in [0.15, 0.2) is 60.7 Å². The smallest absolute Gasteiger partial charge is 0.340 e. The number of rotatable bonds is 4. The topological polar surface area (TPSA) is 42.0 Å². The SMILES string of the molecule is CCC1CN(c2ccc3c(c2)Oc2cc(N4CC(CC)C4)ccc2C32OC(=O)c3ccccc32)C1. The fraction of sp³-hybridized carbons (Fsp3) is 0.367. The standard InChI is InChI=1S/C30H30N2O3/c1-3-19-15-31(16-19)21-9-11-25-27(13-21)34-28-14-22(32-17-20(4-2)18-32)10-12-26(28)30(25)24-8-6-5-7-23(24)29(33)35-30/h5-14,19-20H,3-4,15-18H2,1-2H3. The Morgan fingerprint density at radius 3 is 1.86 bits per heavy atom. The van der Waals surface area contributed by atoms with Crippen LogP contribution in [0.2, 0.25) is 0 Å². The minimum atomic E-state index is -0.991. The highest BCUT2D eigenvalue weighted by Crippen LogP contribution is 2.57. The summed E-state index contributed by atoms with van der Waals surface area (Å²) in [5, 5.41) is 0. The number of anilines is 2. The van der Waals surface area contributed by atoms with E-state index >= 15 is 0 Å². The van der Waals surface area contributed by atoms with Crippen molar-refractivity contribution >= 4 is 17.3 Å². The predicted octanol–water partition coefficient (Wildman–Crippen LogP) is 5.95. The number of hydrogen-bond acceptors (Lipinski definition) is 5. The molecule has 3 aromatic carbocycles. The van der Waals surface area contributed by atoms with Gasteiger partial charge in [-0.1, -0.05) is 32.0 Å². The Labute approximate surface area is 206 Å². The number of fused-ring (bicyclic) bond motifs is 6. The highest BCUT2D eigenvalue weighted by atomic mass is 16.6. The molecule has 0 radical (unpaired) electrons. The highest BCUT2D eigenvalue weighted by Gasteiger charge is 2.53. The third-order valence-electron chi connectivity index (χ3n) is 8.48. The van der Waals surface area contributed by atoms with E-state index in [0.717, 1.165) is 77.6 Å². The molecule has 3 aromatic rings. The van der Waals surface area contributed by atoms with E-state index in [9.17, 15) is 4.79 Å². The van der Waals surface area contributed by atoms with Gasteiger partial charge in [0.1, 0.15) is 11.5 Å². The van der Waals surface area contributed by atoms with Gasteiger partial charge in [0.15, 0.2) is 5.60 Å². The number of ether oxygens (including phenoxy) is 2. The summed E-state index contributed by atoms with van der Waals surface area (Å²) in [6, 6.07) is 20.5. The molecule has 4 aliphatic rings. The lowest BCUT2D eigenvalue weighted by molar-refractivity contribution is 0.0224. The maximum atomic E-state index is 13.1. The van der Waals surface area contributed by atoms with Crippen LogP contribution < -0.4 is 14.5 Å². The van der Waals surface area contributed by atoms with E-state index in [4.69, 9.17) is 9.47 Å².